The number of anilines is 1. The van der Waals surface area contributed by atoms with Gasteiger partial charge in [-0.25, -0.2) is 0 Å². The summed E-state index contributed by atoms with van der Waals surface area (Å²) in [5.74, 6) is -0.289. The van der Waals surface area contributed by atoms with Gasteiger partial charge in [0.2, 0.25) is 5.91 Å². The number of carbonyl (C=O) groups excluding carboxylic acids is 1. The van der Waals surface area contributed by atoms with Crippen LogP contribution < -0.4 is 5.32 Å². The van der Waals surface area contributed by atoms with Gasteiger partial charge in [0.05, 0.1) is 10.0 Å². The molecule has 0 aliphatic rings. The van der Waals surface area contributed by atoms with Gasteiger partial charge >= 0.3 is 0 Å². The maximum atomic E-state index is 11.5. The third-order valence-electron chi connectivity index (χ3n) is 1.72. The Balaban J connectivity index is 2.83. The third-order valence-corrected chi connectivity index (χ3v) is 2.63. The maximum Gasteiger partial charge on any atom is 0.244 e. The Labute approximate surface area is 104 Å². The van der Waals surface area contributed by atoms with E-state index in [0.717, 1.165) is 0 Å². The monoisotopic (exact) mass is 265 g/mol. The second kappa shape index (κ2) is 4.60. The van der Waals surface area contributed by atoms with Crippen molar-refractivity contribution >= 4 is 46.4 Å². The first-order valence-electron chi connectivity index (χ1n) is 4.26. The zero-order chi connectivity index (χ0) is 11.6. The molecule has 1 amide bonds. The fourth-order valence-corrected chi connectivity index (χ4v) is 1.20. The van der Waals surface area contributed by atoms with E-state index in [4.69, 9.17) is 34.8 Å². The standard InChI is InChI=1S/C10H10Cl3NO/c1-10(2,13)9(15)14-6-3-4-7(11)8(12)5-6/h3-5H,1-2H3,(H,14,15). The quantitative estimate of drug-likeness (QED) is 0.807. The number of rotatable bonds is 2. The molecule has 0 aromatic heterocycles. The molecule has 0 radical (unpaired) electrons. The van der Waals surface area contributed by atoms with Crippen molar-refractivity contribution in [1.29, 1.82) is 0 Å². The van der Waals surface area contributed by atoms with E-state index in [1.54, 1.807) is 32.0 Å². The number of alkyl halides is 1. The van der Waals surface area contributed by atoms with Gasteiger partial charge in [-0.2, -0.15) is 0 Å². The van der Waals surface area contributed by atoms with Crippen molar-refractivity contribution in [3.8, 4) is 0 Å². The third kappa shape index (κ3) is 3.56. The van der Waals surface area contributed by atoms with E-state index in [1.807, 2.05) is 0 Å². The normalized spacial score (nSPS) is 11.3. The molecule has 1 aromatic carbocycles. The molecule has 0 heterocycles. The molecule has 2 nitrogen and oxygen atoms in total. The summed E-state index contributed by atoms with van der Waals surface area (Å²) in [7, 11) is 0. The second-order valence-electron chi connectivity index (χ2n) is 3.56. The Kier molecular flexibility index (Phi) is 3.87. The molecule has 0 saturated carbocycles. The molecule has 0 fully saturated rings. The Morgan fingerprint density at radius 1 is 1.27 bits per heavy atom. The molecule has 0 aliphatic carbocycles. The highest BCUT2D eigenvalue weighted by Gasteiger charge is 2.24. The van der Waals surface area contributed by atoms with Crippen LogP contribution in [0.1, 0.15) is 13.8 Å². The number of halogens is 3. The van der Waals surface area contributed by atoms with Gasteiger partial charge in [-0.3, -0.25) is 4.79 Å². The van der Waals surface area contributed by atoms with Crippen LogP contribution >= 0.6 is 34.8 Å². The molecule has 0 aliphatic heterocycles. The van der Waals surface area contributed by atoms with Crippen LogP contribution in [0.5, 0.6) is 0 Å². The number of benzene rings is 1. The van der Waals surface area contributed by atoms with Crippen molar-refractivity contribution in [2.45, 2.75) is 18.7 Å². The molecule has 0 unspecified atom stereocenters. The first-order valence-corrected chi connectivity index (χ1v) is 5.39. The minimum Gasteiger partial charge on any atom is -0.325 e. The van der Waals surface area contributed by atoms with Crippen molar-refractivity contribution < 1.29 is 4.79 Å². The van der Waals surface area contributed by atoms with E-state index in [1.165, 1.54) is 0 Å². The molecule has 5 heteroatoms. The fourth-order valence-electron chi connectivity index (χ4n) is 0.854. The molecule has 1 N–H and O–H groups in total. The Morgan fingerprint density at radius 3 is 2.33 bits per heavy atom. The van der Waals surface area contributed by atoms with Crippen molar-refractivity contribution in [1.82, 2.24) is 0 Å². The molecular weight excluding hydrogens is 256 g/mol. The Bertz CT molecular complexity index is 385. The van der Waals surface area contributed by atoms with E-state index in [2.05, 4.69) is 5.32 Å². The molecular formula is C10H10Cl3NO. The van der Waals surface area contributed by atoms with Crippen LogP contribution in [-0.2, 0) is 4.79 Å². The van der Waals surface area contributed by atoms with Crippen LogP contribution in [0.3, 0.4) is 0 Å². The van der Waals surface area contributed by atoms with Gasteiger partial charge in [0.1, 0.15) is 4.87 Å². The van der Waals surface area contributed by atoms with Crippen LogP contribution in [0.2, 0.25) is 10.0 Å². The summed E-state index contributed by atoms with van der Waals surface area (Å²) in [5.41, 5.74) is 0.572. The van der Waals surface area contributed by atoms with E-state index in [0.29, 0.717) is 15.7 Å². The second-order valence-corrected chi connectivity index (χ2v) is 5.31. The fraction of sp³-hybridized carbons (Fsp3) is 0.300. The van der Waals surface area contributed by atoms with Gasteiger partial charge in [-0.05, 0) is 32.0 Å². The number of amides is 1. The molecule has 0 saturated heterocycles. The lowest BCUT2D eigenvalue weighted by Gasteiger charge is -2.15. The molecule has 15 heavy (non-hydrogen) atoms. The molecule has 0 bridgehead atoms. The molecule has 0 atom stereocenters. The summed E-state index contributed by atoms with van der Waals surface area (Å²) in [5, 5.41) is 3.47. The summed E-state index contributed by atoms with van der Waals surface area (Å²) < 4.78 is 0. The summed E-state index contributed by atoms with van der Waals surface area (Å²) in [6.07, 6.45) is 0. The minimum absolute atomic E-state index is 0.289. The zero-order valence-electron chi connectivity index (χ0n) is 8.27. The van der Waals surface area contributed by atoms with Crippen LogP contribution in [0.15, 0.2) is 18.2 Å². The molecule has 82 valence electrons. The van der Waals surface area contributed by atoms with Gasteiger partial charge in [-0.1, -0.05) is 23.2 Å². The van der Waals surface area contributed by atoms with E-state index < -0.39 is 4.87 Å². The van der Waals surface area contributed by atoms with Crippen LogP contribution in [-0.4, -0.2) is 10.8 Å². The number of carbonyl (C=O) groups is 1. The van der Waals surface area contributed by atoms with E-state index >= 15 is 0 Å². The number of hydrogen-bond donors (Lipinski definition) is 1. The van der Waals surface area contributed by atoms with Crippen LogP contribution in [0.4, 0.5) is 5.69 Å². The molecule has 0 spiro atoms. The zero-order valence-corrected chi connectivity index (χ0v) is 10.5. The Morgan fingerprint density at radius 2 is 1.87 bits per heavy atom. The summed E-state index contributed by atoms with van der Waals surface area (Å²) >= 11 is 17.4. The van der Waals surface area contributed by atoms with Crippen molar-refractivity contribution in [3.63, 3.8) is 0 Å². The highest BCUT2D eigenvalue weighted by atomic mass is 35.5. The topological polar surface area (TPSA) is 29.1 Å². The van der Waals surface area contributed by atoms with Gasteiger partial charge in [0, 0.05) is 5.69 Å². The largest absolute Gasteiger partial charge is 0.325 e. The van der Waals surface area contributed by atoms with E-state index in [-0.39, 0.29) is 5.91 Å². The summed E-state index contributed by atoms with van der Waals surface area (Å²) in [6, 6.07) is 4.85. The Hall–Kier alpha value is -0.440. The first-order chi connectivity index (χ1) is 6.80. The van der Waals surface area contributed by atoms with Crippen LogP contribution in [0.25, 0.3) is 0 Å². The van der Waals surface area contributed by atoms with Gasteiger partial charge < -0.3 is 5.32 Å². The highest BCUT2D eigenvalue weighted by molar-refractivity contribution is 6.42. The summed E-state index contributed by atoms with van der Waals surface area (Å²) in [6.45, 7) is 3.23. The average molecular weight is 267 g/mol. The van der Waals surface area contributed by atoms with E-state index in [9.17, 15) is 4.79 Å². The highest BCUT2D eigenvalue weighted by Crippen LogP contribution is 2.26. The number of nitrogens with one attached hydrogen (secondary N) is 1. The van der Waals surface area contributed by atoms with Crippen molar-refractivity contribution in [3.05, 3.63) is 28.2 Å². The SMILES string of the molecule is CC(C)(Cl)C(=O)Nc1ccc(Cl)c(Cl)c1. The number of hydrogen-bond acceptors (Lipinski definition) is 1. The maximum absolute atomic E-state index is 11.5. The van der Waals surface area contributed by atoms with Crippen molar-refractivity contribution in [2.24, 2.45) is 0 Å². The molecule has 1 rings (SSSR count). The predicted octanol–water partition coefficient (Wildman–Crippen LogP) is 3.95. The molecule has 1 aromatic rings. The lowest BCUT2D eigenvalue weighted by Crippen LogP contribution is -2.31. The van der Waals surface area contributed by atoms with Gasteiger partial charge in [0.15, 0.2) is 0 Å². The first kappa shape index (κ1) is 12.6. The van der Waals surface area contributed by atoms with Crippen LogP contribution in [0, 0.1) is 0 Å². The minimum atomic E-state index is -0.952. The predicted molar refractivity (Wildman–Crippen MR) is 65.0 cm³/mol. The lowest BCUT2D eigenvalue weighted by atomic mass is 10.2. The lowest BCUT2D eigenvalue weighted by molar-refractivity contribution is -0.117. The van der Waals surface area contributed by atoms with Gasteiger partial charge in [-0.15, -0.1) is 11.6 Å². The average Bonchev–Trinajstić information content (AvgIpc) is 2.10. The summed E-state index contributed by atoms with van der Waals surface area (Å²) in [4.78, 5) is 10.6. The van der Waals surface area contributed by atoms with Gasteiger partial charge in [0.25, 0.3) is 0 Å². The van der Waals surface area contributed by atoms with Crippen molar-refractivity contribution in [2.75, 3.05) is 5.32 Å². The smallest absolute Gasteiger partial charge is 0.244 e.